The second kappa shape index (κ2) is 12.1. The van der Waals surface area contributed by atoms with Crippen LogP contribution in [0.2, 0.25) is 5.02 Å². The number of unbranched alkanes of at least 4 members (excludes halogenated alkanes) is 1. The molecule has 1 amide bonds. The van der Waals surface area contributed by atoms with Crippen molar-refractivity contribution in [2.24, 2.45) is 0 Å². The van der Waals surface area contributed by atoms with Crippen LogP contribution in [0.4, 0.5) is 4.79 Å². The summed E-state index contributed by atoms with van der Waals surface area (Å²) in [7, 11) is 0. The van der Waals surface area contributed by atoms with Gasteiger partial charge in [-0.1, -0.05) is 34.8 Å². The highest BCUT2D eigenvalue weighted by molar-refractivity contribution is 6.55. The molecule has 1 aromatic rings. The number of benzene rings is 1. The molecule has 134 valence electrons. The van der Waals surface area contributed by atoms with Crippen LogP contribution in [0.3, 0.4) is 0 Å². The maximum atomic E-state index is 11.1. The minimum atomic E-state index is -0.397. The van der Waals surface area contributed by atoms with Crippen molar-refractivity contribution in [1.29, 1.82) is 0 Å². The first-order valence-corrected chi connectivity index (χ1v) is 8.63. The molecule has 1 rings (SSSR count). The number of hydrogen-bond donors (Lipinski definition) is 1. The fraction of sp³-hybridized carbons (Fsp3) is 0.438. The summed E-state index contributed by atoms with van der Waals surface area (Å²) in [6.07, 6.45) is 2.71. The number of carbonyl (C=O) groups excluding carboxylic acids is 1. The zero-order valence-electron chi connectivity index (χ0n) is 13.3. The first kappa shape index (κ1) is 20.7. The van der Waals surface area contributed by atoms with Gasteiger partial charge >= 0.3 is 6.09 Å². The third-order valence-electron chi connectivity index (χ3n) is 2.76. The zero-order chi connectivity index (χ0) is 17.8. The molecule has 0 saturated carbocycles. The Bertz CT molecular complexity index is 548. The molecule has 0 atom stereocenters. The van der Waals surface area contributed by atoms with Crippen molar-refractivity contribution in [3.63, 3.8) is 0 Å². The number of halogens is 3. The van der Waals surface area contributed by atoms with E-state index in [9.17, 15) is 4.79 Å². The third-order valence-corrected chi connectivity index (χ3v) is 3.37. The van der Waals surface area contributed by atoms with E-state index >= 15 is 0 Å². The number of carbonyl (C=O) groups is 1. The molecular formula is C16H20Cl3NO4. The van der Waals surface area contributed by atoms with Crippen LogP contribution in [0.25, 0.3) is 0 Å². The molecule has 5 nitrogen and oxygen atoms in total. The summed E-state index contributed by atoms with van der Waals surface area (Å²) < 4.78 is 15.9. The van der Waals surface area contributed by atoms with Gasteiger partial charge in [0.25, 0.3) is 0 Å². The van der Waals surface area contributed by atoms with Gasteiger partial charge in [-0.05, 0) is 38.0 Å². The highest BCUT2D eigenvalue weighted by Gasteiger charge is 2.04. The van der Waals surface area contributed by atoms with E-state index in [1.54, 1.807) is 25.1 Å². The molecule has 0 fully saturated rings. The highest BCUT2D eigenvalue weighted by atomic mass is 35.5. The van der Waals surface area contributed by atoms with Gasteiger partial charge in [0.05, 0.1) is 18.2 Å². The Labute approximate surface area is 156 Å². The topological polar surface area (TPSA) is 56.8 Å². The average Bonchev–Trinajstić information content (AvgIpc) is 2.52. The molecule has 0 aliphatic carbocycles. The second-order valence-corrected chi connectivity index (χ2v) is 6.01. The number of amides is 1. The van der Waals surface area contributed by atoms with Crippen LogP contribution in [-0.2, 0) is 4.74 Å². The third kappa shape index (κ3) is 9.11. The Hall–Kier alpha value is -1.30. The molecule has 0 heterocycles. The summed E-state index contributed by atoms with van der Waals surface area (Å²) in [6.45, 7) is 3.43. The Morgan fingerprint density at radius 2 is 2.04 bits per heavy atom. The van der Waals surface area contributed by atoms with Crippen molar-refractivity contribution < 1.29 is 19.0 Å². The molecule has 0 bridgehead atoms. The lowest BCUT2D eigenvalue weighted by molar-refractivity contribution is 0.152. The van der Waals surface area contributed by atoms with Crippen molar-refractivity contribution in [1.82, 2.24) is 5.32 Å². The number of nitrogens with one attached hydrogen (secondary N) is 1. The summed E-state index contributed by atoms with van der Waals surface area (Å²) in [4.78, 5) is 11.1. The predicted octanol–water partition coefficient (Wildman–Crippen LogP) is 4.94. The van der Waals surface area contributed by atoms with E-state index < -0.39 is 6.09 Å². The van der Waals surface area contributed by atoms with Crippen LogP contribution in [0.5, 0.6) is 11.5 Å². The molecule has 1 aromatic carbocycles. The minimum absolute atomic E-state index is 0.142. The Balaban J connectivity index is 2.25. The molecule has 1 N–H and O–H groups in total. The highest BCUT2D eigenvalue weighted by Crippen LogP contribution is 2.29. The van der Waals surface area contributed by atoms with Gasteiger partial charge in [-0.2, -0.15) is 0 Å². The first-order chi connectivity index (χ1) is 11.5. The van der Waals surface area contributed by atoms with Gasteiger partial charge in [-0.25, -0.2) is 4.79 Å². The summed E-state index contributed by atoms with van der Waals surface area (Å²) in [5.41, 5.74) is 0. The fourth-order valence-electron chi connectivity index (χ4n) is 1.67. The minimum Gasteiger partial charge on any atom is -0.494 e. The molecule has 0 spiro atoms. The maximum Gasteiger partial charge on any atom is 0.407 e. The van der Waals surface area contributed by atoms with Crippen molar-refractivity contribution in [3.8, 4) is 11.5 Å². The Kier molecular flexibility index (Phi) is 10.5. The lowest BCUT2D eigenvalue weighted by Crippen LogP contribution is -2.25. The standard InChI is InChI=1S/C16H20Cl3NO4/c1-2-22-16(21)20-8-3-4-9-23-12-5-6-14(13(17)11-12)24-10-7-15(18)19/h5-7,11H,2-4,8-10H2,1H3,(H,20,21). The quantitative estimate of drug-likeness (QED) is 0.569. The molecule has 0 radical (unpaired) electrons. The lowest BCUT2D eigenvalue weighted by atomic mass is 10.3. The molecule has 0 aliphatic heterocycles. The largest absolute Gasteiger partial charge is 0.494 e. The molecule has 0 saturated heterocycles. The molecular weight excluding hydrogens is 377 g/mol. The van der Waals surface area contributed by atoms with E-state index in [2.05, 4.69) is 5.32 Å². The van der Waals surface area contributed by atoms with Crippen LogP contribution in [0, 0.1) is 0 Å². The van der Waals surface area contributed by atoms with Crippen molar-refractivity contribution in [2.45, 2.75) is 19.8 Å². The molecule has 24 heavy (non-hydrogen) atoms. The van der Waals surface area contributed by atoms with E-state index in [1.807, 2.05) is 0 Å². The molecule has 0 aliphatic rings. The van der Waals surface area contributed by atoms with Crippen molar-refractivity contribution >= 4 is 40.9 Å². The van der Waals surface area contributed by atoms with Gasteiger partial charge < -0.3 is 19.5 Å². The number of rotatable bonds is 10. The van der Waals surface area contributed by atoms with E-state index in [-0.39, 0.29) is 11.1 Å². The van der Waals surface area contributed by atoms with Crippen LogP contribution in [0.15, 0.2) is 28.8 Å². The summed E-state index contributed by atoms with van der Waals surface area (Å²) in [6, 6.07) is 5.17. The number of alkyl carbamates (subject to hydrolysis) is 1. The lowest BCUT2D eigenvalue weighted by Gasteiger charge is -2.10. The molecule has 0 aromatic heterocycles. The summed E-state index contributed by atoms with van der Waals surface area (Å²) in [5, 5.41) is 3.09. The van der Waals surface area contributed by atoms with E-state index in [0.29, 0.717) is 36.3 Å². The van der Waals surface area contributed by atoms with Gasteiger partial charge in [0.15, 0.2) is 0 Å². The van der Waals surface area contributed by atoms with E-state index in [0.717, 1.165) is 12.8 Å². The second-order valence-electron chi connectivity index (χ2n) is 4.60. The average molecular weight is 397 g/mol. The van der Waals surface area contributed by atoms with Crippen molar-refractivity contribution in [2.75, 3.05) is 26.4 Å². The van der Waals surface area contributed by atoms with Crippen LogP contribution in [-0.4, -0.2) is 32.5 Å². The van der Waals surface area contributed by atoms with Gasteiger partial charge in [0, 0.05) is 12.6 Å². The van der Waals surface area contributed by atoms with Gasteiger partial charge in [0.1, 0.15) is 22.6 Å². The zero-order valence-corrected chi connectivity index (χ0v) is 15.6. The Morgan fingerprint density at radius 1 is 1.25 bits per heavy atom. The van der Waals surface area contributed by atoms with Gasteiger partial charge in [0.2, 0.25) is 0 Å². The van der Waals surface area contributed by atoms with Gasteiger partial charge in [-0.15, -0.1) is 0 Å². The van der Waals surface area contributed by atoms with Crippen molar-refractivity contribution in [3.05, 3.63) is 33.8 Å². The van der Waals surface area contributed by atoms with E-state index in [1.165, 1.54) is 6.08 Å². The SMILES string of the molecule is CCOC(=O)NCCCCOc1ccc(OCC=C(Cl)Cl)c(Cl)c1. The fourth-order valence-corrected chi connectivity index (χ4v) is 2.02. The van der Waals surface area contributed by atoms with Crippen LogP contribution >= 0.6 is 34.8 Å². The van der Waals surface area contributed by atoms with E-state index in [4.69, 9.17) is 49.0 Å². The smallest absolute Gasteiger partial charge is 0.407 e. The summed E-state index contributed by atoms with van der Waals surface area (Å²) in [5.74, 6) is 1.17. The Morgan fingerprint density at radius 3 is 2.71 bits per heavy atom. The van der Waals surface area contributed by atoms with Crippen LogP contribution < -0.4 is 14.8 Å². The monoisotopic (exact) mass is 395 g/mol. The van der Waals surface area contributed by atoms with Crippen LogP contribution in [0.1, 0.15) is 19.8 Å². The number of ether oxygens (including phenoxy) is 3. The summed E-state index contributed by atoms with van der Waals surface area (Å²) >= 11 is 17.1. The first-order valence-electron chi connectivity index (χ1n) is 7.50. The van der Waals surface area contributed by atoms with Gasteiger partial charge in [-0.3, -0.25) is 0 Å². The maximum absolute atomic E-state index is 11.1. The molecule has 0 unspecified atom stereocenters. The molecule has 8 heteroatoms. The predicted molar refractivity (Wildman–Crippen MR) is 96.5 cm³/mol. The number of hydrogen-bond acceptors (Lipinski definition) is 4. The normalized spacial score (nSPS) is 10.0.